The Kier molecular flexibility index (Phi) is 5.25. The number of quaternary nitrogens is 1. The van der Waals surface area contributed by atoms with Crippen LogP contribution in [0.1, 0.15) is 6.42 Å². The van der Waals surface area contributed by atoms with Crippen molar-refractivity contribution in [1.82, 2.24) is 0 Å². The van der Waals surface area contributed by atoms with Gasteiger partial charge in [0.1, 0.15) is 6.04 Å². The molecule has 4 heteroatoms. The molecule has 0 aromatic heterocycles. The molecule has 0 saturated carbocycles. The fourth-order valence-electron chi connectivity index (χ4n) is 1.35. The lowest BCUT2D eigenvalue weighted by molar-refractivity contribution is -0.856. The molecule has 0 spiro atoms. The molecule has 0 radical (unpaired) electrons. The van der Waals surface area contributed by atoms with Gasteiger partial charge in [0.15, 0.2) is 5.70 Å². The molecule has 16 heavy (non-hydrogen) atoms. The molecule has 4 nitrogen and oxygen atoms in total. The Hall–Kier alpha value is -1.65. The molecule has 0 aromatic carbocycles. The van der Waals surface area contributed by atoms with Gasteiger partial charge in [-0.3, -0.25) is 4.99 Å². The summed E-state index contributed by atoms with van der Waals surface area (Å²) in [6.45, 7) is 3.63. The van der Waals surface area contributed by atoms with E-state index in [1.165, 1.54) is 0 Å². The van der Waals surface area contributed by atoms with E-state index in [1.54, 1.807) is 18.7 Å². The third-order valence-corrected chi connectivity index (χ3v) is 2.06. The van der Waals surface area contributed by atoms with E-state index in [-0.39, 0.29) is 6.04 Å². The lowest BCUT2D eigenvalue weighted by atomic mass is 10.2. The standard InChI is InChI=1S/C12H17N3O/c1-3-7-12(13)14-10-8-5-4-6-9-11(10)15-16-2/h3-6,8-10,15H,1,7H2,2H3,(H2,13,14)/p+1. The molecule has 4 N–H and O–H groups in total. The molecule has 1 unspecified atom stereocenters. The van der Waals surface area contributed by atoms with Crippen molar-refractivity contribution in [2.75, 3.05) is 7.11 Å². The van der Waals surface area contributed by atoms with Crippen molar-refractivity contribution in [1.29, 1.82) is 0 Å². The first kappa shape index (κ1) is 12.4. The van der Waals surface area contributed by atoms with Gasteiger partial charge in [-0.05, 0) is 0 Å². The van der Waals surface area contributed by atoms with E-state index in [9.17, 15) is 0 Å². The Labute approximate surface area is 95.8 Å². The molecule has 1 aliphatic carbocycles. The fraction of sp³-hybridized carbons (Fsp3) is 0.250. The highest BCUT2D eigenvalue weighted by Gasteiger charge is 2.15. The average Bonchev–Trinajstić information content (AvgIpc) is 2.46. The highest BCUT2D eigenvalue weighted by molar-refractivity contribution is 5.82. The van der Waals surface area contributed by atoms with Gasteiger partial charge in [-0.2, -0.15) is 5.48 Å². The monoisotopic (exact) mass is 220 g/mol. The average molecular weight is 220 g/mol. The van der Waals surface area contributed by atoms with Crippen molar-refractivity contribution in [3.8, 4) is 0 Å². The van der Waals surface area contributed by atoms with Crippen molar-refractivity contribution in [3.63, 3.8) is 0 Å². The first-order valence-corrected chi connectivity index (χ1v) is 5.12. The third-order valence-electron chi connectivity index (χ3n) is 2.06. The van der Waals surface area contributed by atoms with Crippen LogP contribution >= 0.6 is 0 Å². The number of amidine groups is 1. The van der Waals surface area contributed by atoms with Gasteiger partial charge in [0.2, 0.25) is 0 Å². The number of aliphatic imine (C=N–C) groups is 1. The zero-order valence-corrected chi connectivity index (χ0v) is 9.47. The SMILES string of the molecule is C=CCC(N)=NC1C=CC=CC=C1[NH2+]OC. The van der Waals surface area contributed by atoms with E-state index < -0.39 is 0 Å². The Bertz CT molecular complexity index is 353. The van der Waals surface area contributed by atoms with Crippen LogP contribution in [-0.4, -0.2) is 19.0 Å². The van der Waals surface area contributed by atoms with Crippen LogP contribution in [0.5, 0.6) is 0 Å². The number of nitrogens with two attached hydrogens (primary N) is 2. The molecular weight excluding hydrogens is 202 g/mol. The minimum atomic E-state index is -0.0881. The van der Waals surface area contributed by atoms with Crippen LogP contribution < -0.4 is 11.2 Å². The molecule has 1 atom stereocenters. The molecule has 1 rings (SSSR count). The topological polar surface area (TPSA) is 64.2 Å². The van der Waals surface area contributed by atoms with E-state index in [2.05, 4.69) is 11.6 Å². The minimum Gasteiger partial charge on any atom is -0.387 e. The van der Waals surface area contributed by atoms with Crippen molar-refractivity contribution in [2.45, 2.75) is 12.5 Å². The van der Waals surface area contributed by atoms with Gasteiger partial charge in [-0.1, -0.05) is 30.4 Å². The van der Waals surface area contributed by atoms with Crippen molar-refractivity contribution in [3.05, 3.63) is 48.7 Å². The first-order chi connectivity index (χ1) is 7.77. The molecule has 0 aliphatic heterocycles. The number of allylic oxidation sites excluding steroid dienone is 4. The number of rotatable bonds is 5. The zero-order chi connectivity index (χ0) is 11.8. The quantitative estimate of drug-likeness (QED) is 0.305. The minimum absolute atomic E-state index is 0.0881. The predicted octanol–water partition coefficient (Wildman–Crippen LogP) is 0.423. The van der Waals surface area contributed by atoms with Crippen LogP contribution in [0.4, 0.5) is 0 Å². The smallest absolute Gasteiger partial charge is 0.167 e. The second-order valence-electron chi connectivity index (χ2n) is 3.35. The number of hydroxylamine groups is 1. The number of nitrogens with zero attached hydrogens (tertiary/aromatic N) is 1. The van der Waals surface area contributed by atoms with Crippen LogP contribution in [0, 0.1) is 0 Å². The highest BCUT2D eigenvalue weighted by Crippen LogP contribution is 2.06. The summed E-state index contributed by atoms with van der Waals surface area (Å²) in [5.41, 5.74) is 8.41. The summed E-state index contributed by atoms with van der Waals surface area (Å²) in [5.74, 6) is 0.571. The summed E-state index contributed by atoms with van der Waals surface area (Å²) >= 11 is 0. The molecule has 86 valence electrons. The van der Waals surface area contributed by atoms with Crippen molar-refractivity contribution < 1.29 is 10.3 Å². The molecule has 0 aromatic rings. The van der Waals surface area contributed by atoms with Gasteiger partial charge in [0.25, 0.3) is 0 Å². The molecule has 1 aliphatic rings. The van der Waals surface area contributed by atoms with Gasteiger partial charge in [-0.25, -0.2) is 4.84 Å². The van der Waals surface area contributed by atoms with Crippen LogP contribution in [-0.2, 0) is 4.84 Å². The largest absolute Gasteiger partial charge is 0.387 e. The molecular formula is C12H18N3O+. The molecule has 0 amide bonds. The normalized spacial score (nSPS) is 20.4. The maximum absolute atomic E-state index is 5.77. The summed E-state index contributed by atoms with van der Waals surface area (Å²) in [7, 11) is 1.62. The zero-order valence-electron chi connectivity index (χ0n) is 9.47. The van der Waals surface area contributed by atoms with Crippen LogP contribution in [0.2, 0.25) is 0 Å². The van der Waals surface area contributed by atoms with Gasteiger partial charge in [-0.15, -0.1) is 6.58 Å². The second kappa shape index (κ2) is 6.76. The Morgan fingerprint density at radius 3 is 3.12 bits per heavy atom. The van der Waals surface area contributed by atoms with Crippen molar-refractivity contribution in [2.24, 2.45) is 10.7 Å². The summed E-state index contributed by atoms with van der Waals surface area (Å²) < 4.78 is 0. The first-order valence-electron chi connectivity index (χ1n) is 5.12. The number of hydrogen-bond donors (Lipinski definition) is 2. The van der Waals surface area contributed by atoms with E-state index >= 15 is 0 Å². The van der Waals surface area contributed by atoms with Gasteiger partial charge < -0.3 is 5.73 Å². The molecule has 0 fully saturated rings. The van der Waals surface area contributed by atoms with Gasteiger partial charge >= 0.3 is 0 Å². The maximum atomic E-state index is 5.77. The molecule has 0 bridgehead atoms. The van der Waals surface area contributed by atoms with E-state index in [0.717, 1.165) is 5.70 Å². The lowest BCUT2D eigenvalue weighted by Crippen LogP contribution is -2.82. The Balaban J connectivity index is 2.82. The second-order valence-corrected chi connectivity index (χ2v) is 3.35. The summed E-state index contributed by atoms with van der Waals surface area (Å²) in [6.07, 6.45) is 12.1. The Morgan fingerprint density at radius 2 is 2.44 bits per heavy atom. The predicted molar refractivity (Wildman–Crippen MR) is 65.5 cm³/mol. The van der Waals surface area contributed by atoms with E-state index in [4.69, 9.17) is 10.6 Å². The Morgan fingerprint density at radius 1 is 1.62 bits per heavy atom. The molecule has 0 saturated heterocycles. The summed E-state index contributed by atoms with van der Waals surface area (Å²) in [4.78, 5) is 9.42. The van der Waals surface area contributed by atoms with Crippen LogP contribution in [0.25, 0.3) is 0 Å². The lowest BCUT2D eigenvalue weighted by Gasteiger charge is -2.08. The highest BCUT2D eigenvalue weighted by atomic mass is 16.6. The van der Waals surface area contributed by atoms with Gasteiger partial charge in [0.05, 0.1) is 12.9 Å². The van der Waals surface area contributed by atoms with Crippen LogP contribution in [0.3, 0.4) is 0 Å². The van der Waals surface area contributed by atoms with E-state index in [1.807, 2.05) is 30.4 Å². The summed E-state index contributed by atoms with van der Waals surface area (Å²) in [5, 5.41) is 0. The summed E-state index contributed by atoms with van der Waals surface area (Å²) in [6, 6.07) is -0.0881. The number of hydrogen-bond acceptors (Lipinski definition) is 2. The molecule has 0 heterocycles. The maximum Gasteiger partial charge on any atom is 0.167 e. The van der Waals surface area contributed by atoms with Gasteiger partial charge in [0, 0.05) is 12.5 Å². The van der Waals surface area contributed by atoms with Crippen LogP contribution in [0.15, 0.2) is 53.7 Å². The van der Waals surface area contributed by atoms with Crippen molar-refractivity contribution >= 4 is 5.84 Å². The third kappa shape index (κ3) is 3.84. The van der Waals surface area contributed by atoms with E-state index in [0.29, 0.717) is 12.3 Å². The fourth-order valence-corrected chi connectivity index (χ4v) is 1.35.